The van der Waals surface area contributed by atoms with Gasteiger partial charge in [0.2, 0.25) is 5.91 Å². The summed E-state index contributed by atoms with van der Waals surface area (Å²) in [4.78, 5) is 13.9. The molecule has 1 amide bonds. The van der Waals surface area contributed by atoms with E-state index in [1.54, 1.807) is 24.3 Å². The second-order valence-electron chi connectivity index (χ2n) is 4.33. The molecule has 0 aliphatic rings. The van der Waals surface area contributed by atoms with Crippen LogP contribution in [0.2, 0.25) is 10.0 Å². The lowest BCUT2D eigenvalue weighted by Crippen LogP contribution is -2.30. The van der Waals surface area contributed by atoms with Gasteiger partial charge in [0.25, 0.3) is 0 Å². The Hall–Kier alpha value is -0.990. The molecule has 4 heteroatoms. The van der Waals surface area contributed by atoms with Crippen molar-refractivity contribution in [2.45, 2.75) is 26.7 Å². The van der Waals surface area contributed by atoms with Gasteiger partial charge in [-0.3, -0.25) is 4.79 Å². The van der Waals surface area contributed by atoms with Gasteiger partial charge in [-0.1, -0.05) is 43.1 Å². The number of amides is 1. The molecule has 0 aromatic heterocycles. The van der Waals surface area contributed by atoms with E-state index in [1.807, 2.05) is 11.0 Å². The second kappa shape index (κ2) is 8.23. The van der Waals surface area contributed by atoms with E-state index in [2.05, 4.69) is 13.8 Å². The Morgan fingerprint density at radius 2 is 1.79 bits per heavy atom. The van der Waals surface area contributed by atoms with Crippen LogP contribution in [0.3, 0.4) is 0 Å². The van der Waals surface area contributed by atoms with Gasteiger partial charge in [-0.2, -0.15) is 0 Å². The first-order valence-electron chi connectivity index (χ1n) is 6.50. The van der Waals surface area contributed by atoms with Crippen LogP contribution in [0.25, 0.3) is 6.08 Å². The van der Waals surface area contributed by atoms with Gasteiger partial charge >= 0.3 is 0 Å². The number of carbonyl (C=O) groups is 1. The van der Waals surface area contributed by atoms with Crippen molar-refractivity contribution in [2.24, 2.45) is 0 Å². The molecule has 0 fully saturated rings. The van der Waals surface area contributed by atoms with E-state index in [0.717, 1.165) is 31.5 Å². The van der Waals surface area contributed by atoms with Crippen LogP contribution in [0.4, 0.5) is 0 Å². The molecule has 0 bridgehead atoms. The van der Waals surface area contributed by atoms with Crippen molar-refractivity contribution in [2.75, 3.05) is 13.1 Å². The van der Waals surface area contributed by atoms with Crippen molar-refractivity contribution in [1.82, 2.24) is 4.90 Å². The molecule has 0 aliphatic heterocycles. The molecule has 0 saturated heterocycles. The lowest BCUT2D eigenvalue weighted by atomic mass is 10.2. The van der Waals surface area contributed by atoms with Gasteiger partial charge in [-0.25, -0.2) is 0 Å². The van der Waals surface area contributed by atoms with Crippen LogP contribution in [-0.2, 0) is 4.79 Å². The topological polar surface area (TPSA) is 20.3 Å². The molecule has 0 radical (unpaired) electrons. The van der Waals surface area contributed by atoms with E-state index in [-0.39, 0.29) is 5.91 Å². The zero-order valence-electron chi connectivity index (χ0n) is 11.3. The summed E-state index contributed by atoms with van der Waals surface area (Å²) in [6.07, 6.45) is 5.28. The van der Waals surface area contributed by atoms with Crippen LogP contribution in [0, 0.1) is 0 Å². The summed E-state index contributed by atoms with van der Waals surface area (Å²) in [6.45, 7) is 5.72. The Kier molecular flexibility index (Phi) is 6.96. The van der Waals surface area contributed by atoms with Crippen molar-refractivity contribution >= 4 is 35.2 Å². The fraction of sp³-hybridized carbons (Fsp3) is 0.400. The monoisotopic (exact) mass is 299 g/mol. The van der Waals surface area contributed by atoms with Crippen LogP contribution >= 0.6 is 23.2 Å². The molecule has 0 heterocycles. The van der Waals surface area contributed by atoms with Crippen LogP contribution in [0.5, 0.6) is 0 Å². The first-order chi connectivity index (χ1) is 9.08. The van der Waals surface area contributed by atoms with Crippen LogP contribution in [0.15, 0.2) is 24.3 Å². The highest BCUT2D eigenvalue weighted by Gasteiger charge is 2.07. The standard InChI is InChI=1S/C15H19Cl2NO/c1-3-9-18(10-4-2)15(19)8-6-12-5-7-13(16)14(17)11-12/h5-8,11H,3-4,9-10H2,1-2H3. The molecule has 1 aromatic carbocycles. The smallest absolute Gasteiger partial charge is 0.246 e. The highest BCUT2D eigenvalue weighted by atomic mass is 35.5. The zero-order valence-corrected chi connectivity index (χ0v) is 12.8. The van der Waals surface area contributed by atoms with Gasteiger partial charge in [0.1, 0.15) is 0 Å². The van der Waals surface area contributed by atoms with E-state index in [9.17, 15) is 4.79 Å². The molecule has 0 N–H and O–H groups in total. The zero-order chi connectivity index (χ0) is 14.3. The minimum atomic E-state index is 0.0368. The van der Waals surface area contributed by atoms with E-state index in [0.29, 0.717) is 10.0 Å². The van der Waals surface area contributed by atoms with Crippen molar-refractivity contribution in [1.29, 1.82) is 0 Å². The number of benzene rings is 1. The number of rotatable bonds is 6. The number of halogens is 2. The molecule has 0 unspecified atom stereocenters. The van der Waals surface area contributed by atoms with Crippen molar-refractivity contribution < 1.29 is 4.79 Å². The number of hydrogen-bond acceptors (Lipinski definition) is 1. The summed E-state index contributed by atoms with van der Waals surface area (Å²) >= 11 is 11.8. The van der Waals surface area contributed by atoms with E-state index < -0.39 is 0 Å². The summed E-state index contributed by atoms with van der Waals surface area (Å²) in [6, 6.07) is 5.31. The molecule has 0 spiro atoms. The third-order valence-corrected chi connectivity index (χ3v) is 3.40. The molecule has 1 aromatic rings. The molecule has 0 aliphatic carbocycles. The minimum Gasteiger partial charge on any atom is -0.339 e. The fourth-order valence-electron chi connectivity index (χ4n) is 1.76. The van der Waals surface area contributed by atoms with Gasteiger partial charge < -0.3 is 4.90 Å². The molecule has 0 saturated carbocycles. The maximum atomic E-state index is 12.0. The molecule has 19 heavy (non-hydrogen) atoms. The maximum absolute atomic E-state index is 12.0. The predicted octanol–water partition coefficient (Wildman–Crippen LogP) is 4.66. The largest absolute Gasteiger partial charge is 0.339 e. The van der Waals surface area contributed by atoms with Gasteiger partial charge in [-0.05, 0) is 36.6 Å². The van der Waals surface area contributed by atoms with Crippen LogP contribution in [0.1, 0.15) is 32.3 Å². The third kappa shape index (κ3) is 5.25. The molecular weight excluding hydrogens is 281 g/mol. The summed E-state index contributed by atoms with van der Waals surface area (Å²) in [5.41, 5.74) is 0.871. The summed E-state index contributed by atoms with van der Waals surface area (Å²) in [7, 11) is 0. The van der Waals surface area contributed by atoms with Crippen molar-refractivity contribution in [3.05, 3.63) is 39.9 Å². The number of carbonyl (C=O) groups excluding carboxylic acids is 1. The molecule has 2 nitrogen and oxygen atoms in total. The first kappa shape index (κ1) is 16.1. The Morgan fingerprint density at radius 1 is 1.16 bits per heavy atom. The van der Waals surface area contributed by atoms with E-state index in [4.69, 9.17) is 23.2 Å². The van der Waals surface area contributed by atoms with Gasteiger partial charge in [0.05, 0.1) is 10.0 Å². The maximum Gasteiger partial charge on any atom is 0.246 e. The van der Waals surface area contributed by atoms with Gasteiger partial charge in [0, 0.05) is 19.2 Å². The third-order valence-electron chi connectivity index (χ3n) is 2.66. The average molecular weight is 300 g/mol. The van der Waals surface area contributed by atoms with E-state index >= 15 is 0 Å². The molecule has 104 valence electrons. The Balaban J connectivity index is 2.73. The van der Waals surface area contributed by atoms with Crippen molar-refractivity contribution in [3.8, 4) is 0 Å². The quantitative estimate of drug-likeness (QED) is 0.700. The molecule has 0 atom stereocenters. The van der Waals surface area contributed by atoms with Crippen molar-refractivity contribution in [3.63, 3.8) is 0 Å². The summed E-state index contributed by atoms with van der Waals surface area (Å²) in [5.74, 6) is 0.0368. The summed E-state index contributed by atoms with van der Waals surface area (Å²) < 4.78 is 0. The highest BCUT2D eigenvalue weighted by molar-refractivity contribution is 6.42. The second-order valence-corrected chi connectivity index (χ2v) is 5.15. The molecular formula is C15H19Cl2NO. The number of nitrogens with zero attached hydrogens (tertiary/aromatic N) is 1. The Morgan fingerprint density at radius 3 is 2.32 bits per heavy atom. The van der Waals surface area contributed by atoms with Crippen LogP contribution in [-0.4, -0.2) is 23.9 Å². The number of hydrogen-bond donors (Lipinski definition) is 0. The Bertz CT molecular complexity index is 451. The normalized spacial score (nSPS) is 10.9. The highest BCUT2D eigenvalue weighted by Crippen LogP contribution is 2.23. The Labute approximate surface area is 125 Å². The minimum absolute atomic E-state index is 0.0368. The van der Waals surface area contributed by atoms with E-state index in [1.165, 1.54) is 0 Å². The van der Waals surface area contributed by atoms with Gasteiger partial charge in [0.15, 0.2) is 0 Å². The fourth-order valence-corrected chi connectivity index (χ4v) is 2.07. The first-order valence-corrected chi connectivity index (χ1v) is 7.26. The summed E-state index contributed by atoms with van der Waals surface area (Å²) in [5, 5.41) is 1.01. The lowest BCUT2D eigenvalue weighted by molar-refractivity contribution is -0.126. The molecule has 1 rings (SSSR count). The average Bonchev–Trinajstić information content (AvgIpc) is 2.39. The van der Waals surface area contributed by atoms with Gasteiger partial charge in [-0.15, -0.1) is 0 Å². The predicted molar refractivity (Wildman–Crippen MR) is 82.7 cm³/mol. The SMILES string of the molecule is CCCN(CCC)C(=O)C=Cc1ccc(Cl)c(Cl)c1. The lowest BCUT2D eigenvalue weighted by Gasteiger charge is -2.19. The van der Waals surface area contributed by atoms with Crippen LogP contribution < -0.4 is 0 Å².